The highest BCUT2D eigenvalue weighted by atomic mass is 79.9. The number of rotatable bonds is 5. The molecule has 0 saturated carbocycles. The number of nitrogens with zero attached hydrogens (tertiary/aromatic N) is 1. The molecule has 2 N–H and O–H groups in total. The molecule has 1 amide bonds. The zero-order valence-electron chi connectivity index (χ0n) is 15.0. The number of para-hydroxylation sites is 1. The third kappa shape index (κ3) is 4.67. The van der Waals surface area contributed by atoms with Crippen molar-refractivity contribution in [3.63, 3.8) is 0 Å². The van der Waals surface area contributed by atoms with E-state index in [4.69, 9.17) is 11.6 Å². The molecule has 0 aliphatic heterocycles. The molecule has 1 aromatic heterocycles. The van der Waals surface area contributed by atoms with Gasteiger partial charge in [-0.2, -0.15) is 0 Å². The molecule has 0 aliphatic carbocycles. The van der Waals surface area contributed by atoms with Crippen LogP contribution >= 0.6 is 38.9 Å². The summed E-state index contributed by atoms with van der Waals surface area (Å²) in [6, 6.07) is 22.5. The highest BCUT2D eigenvalue weighted by molar-refractivity contribution is 9.10. The second-order valence-electron chi connectivity index (χ2n) is 6.15. The van der Waals surface area contributed by atoms with Crippen LogP contribution < -0.4 is 10.6 Å². The molecule has 29 heavy (non-hydrogen) atoms. The van der Waals surface area contributed by atoms with Gasteiger partial charge in [-0.15, -0.1) is 11.3 Å². The Bertz CT molecular complexity index is 1160. The molecule has 3 aromatic carbocycles. The van der Waals surface area contributed by atoms with E-state index >= 15 is 0 Å². The quantitative estimate of drug-likeness (QED) is 0.314. The van der Waals surface area contributed by atoms with Crippen molar-refractivity contribution in [2.24, 2.45) is 0 Å². The molecule has 4 nitrogen and oxygen atoms in total. The van der Waals surface area contributed by atoms with Crippen LogP contribution in [0.2, 0.25) is 5.02 Å². The van der Waals surface area contributed by atoms with Crippen LogP contribution in [0.25, 0.3) is 11.3 Å². The molecule has 0 unspecified atom stereocenters. The van der Waals surface area contributed by atoms with Crippen molar-refractivity contribution in [3.8, 4) is 11.3 Å². The van der Waals surface area contributed by atoms with Crippen molar-refractivity contribution in [2.75, 3.05) is 10.6 Å². The van der Waals surface area contributed by atoms with E-state index in [0.717, 1.165) is 32.2 Å². The number of carbonyl (C=O) groups is 1. The molecule has 0 spiro atoms. The molecular weight excluding hydrogens is 470 g/mol. The average Bonchev–Trinajstić information content (AvgIpc) is 3.19. The molecule has 144 valence electrons. The number of benzene rings is 3. The number of hydrogen-bond acceptors (Lipinski definition) is 4. The Hall–Kier alpha value is -2.67. The van der Waals surface area contributed by atoms with Crippen LogP contribution in [0.15, 0.2) is 82.6 Å². The normalized spacial score (nSPS) is 10.6. The zero-order valence-corrected chi connectivity index (χ0v) is 18.2. The molecule has 4 rings (SSSR count). The Kier molecular flexibility index (Phi) is 5.94. The Morgan fingerprint density at radius 2 is 1.69 bits per heavy atom. The summed E-state index contributed by atoms with van der Waals surface area (Å²) in [5.74, 6) is -0.162. The lowest BCUT2D eigenvalue weighted by Crippen LogP contribution is -2.12. The number of hydrogen-bond donors (Lipinski definition) is 2. The molecule has 0 fully saturated rings. The van der Waals surface area contributed by atoms with Gasteiger partial charge in [-0.3, -0.25) is 4.79 Å². The predicted molar refractivity (Wildman–Crippen MR) is 124 cm³/mol. The Balaban J connectivity index is 1.46. The SMILES string of the molecule is O=C(Nc1ccc(-c2csc(Nc3ccccc3Cl)n2)cc1)c1ccccc1Br. The number of anilines is 3. The number of thiazole rings is 1. The largest absolute Gasteiger partial charge is 0.330 e. The third-order valence-corrected chi connectivity index (χ3v) is 5.96. The van der Waals surface area contributed by atoms with Crippen molar-refractivity contribution in [1.29, 1.82) is 0 Å². The molecule has 0 aliphatic rings. The van der Waals surface area contributed by atoms with Crippen LogP contribution in [-0.4, -0.2) is 10.9 Å². The van der Waals surface area contributed by atoms with Crippen molar-refractivity contribution < 1.29 is 4.79 Å². The topological polar surface area (TPSA) is 54.0 Å². The fourth-order valence-corrected chi connectivity index (χ4v) is 4.09. The molecular formula is C22H15BrClN3OS. The molecule has 7 heteroatoms. The summed E-state index contributed by atoms with van der Waals surface area (Å²) >= 11 is 11.1. The van der Waals surface area contributed by atoms with Crippen molar-refractivity contribution in [1.82, 2.24) is 4.98 Å². The van der Waals surface area contributed by atoms with E-state index in [1.807, 2.05) is 72.1 Å². The van der Waals surface area contributed by atoms with Crippen LogP contribution in [0.3, 0.4) is 0 Å². The summed E-state index contributed by atoms with van der Waals surface area (Å²) in [7, 11) is 0. The Morgan fingerprint density at radius 1 is 0.966 bits per heavy atom. The maximum Gasteiger partial charge on any atom is 0.256 e. The average molecular weight is 485 g/mol. The van der Waals surface area contributed by atoms with E-state index in [9.17, 15) is 4.79 Å². The van der Waals surface area contributed by atoms with E-state index in [0.29, 0.717) is 10.6 Å². The first kappa shape index (κ1) is 19.6. The van der Waals surface area contributed by atoms with Crippen LogP contribution in [0, 0.1) is 0 Å². The van der Waals surface area contributed by atoms with Gasteiger partial charge >= 0.3 is 0 Å². The monoisotopic (exact) mass is 483 g/mol. The van der Waals surface area contributed by atoms with Gasteiger partial charge in [0.2, 0.25) is 0 Å². The van der Waals surface area contributed by atoms with Crippen molar-refractivity contribution in [2.45, 2.75) is 0 Å². The maximum absolute atomic E-state index is 12.4. The standard InChI is InChI=1S/C22H15BrClN3OS/c23-17-6-2-1-5-16(17)21(28)25-15-11-9-14(10-12-15)20-13-29-22(27-20)26-19-8-4-3-7-18(19)24/h1-13H,(H,25,28)(H,26,27). The van der Waals surface area contributed by atoms with E-state index in [1.165, 1.54) is 11.3 Å². The van der Waals surface area contributed by atoms with Gasteiger partial charge in [0, 0.05) is 21.1 Å². The van der Waals surface area contributed by atoms with E-state index < -0.39 is 0 Å². The fourth-order valence-electron chi connectivity index (χ4n) is 2.71. The van der Waals surface area contributed by atoms with Crippen LogP contribution in [0.1, 0.15) is 10.4 Å². The van der Waals surface area contributed by atoms with Gasteiger partial charge in [-0.1, -0.05) is 48.0 Å². The number of nitrogens with one attached hydrogen (secondary N) is 2. The highest BCUT2D eigenvalue weighted by Crippen LogP contribution is 2.30. The molecule has 0 radical (unpaired) electrons. The minimum Gasteiger partial charge on any atom is -0.330 e. The zero-order chi connectivity index (χ0) is 20.2. The minimum absolute atomic E-state index is 0.162. The number of halogens is 2. The number of amides is 1. The first-order valence-corrected chi connectivity index (χ1v) is 10.8. The second kappa shape index (κ2) is 8.78. The van der Waals surface area contributed by atoms with Gasteiger partial charge in [0.05, 0.1) is 22.0 Å². The summed E-state index contributed by atoms with van der Waals surface area (Å²) in [6.07, 6.45) is 0. The highest BCUT2D eigenvalue weighted by Gasteiger charge is 2.10. The van der Waals surface area contributed by atoms with E-state index in [1.54, 1.807) is 6.07 Å². The van der Waals surface area contributed by atoms with Crippen LogP contribution in [0.5, 0.6) is 0 Å². The molecule has 0 saturated heterocycles. The molecule has 4 aromatic rings. The number of carbonyl (C=O) groups excluding carboxylic acids is 1. The maximum atomic E-state index is 12.4. The Labute approximate surface area is 185 Å². The van der Waals surface area contributed by atoms with Gasteiger partial charge in [0.15, 0.2) is 5.13 Å². The fraction of sp³-hybridized carbons (Fsp3) is 0. The molecule has 0 atom stereocenters. The molecule has 0 bridgehead atoms. The van der Waals surface area contributed by atoms with Gasteiger partial charge in [-0.05, 0) is 52.3 Å². The van der Waals surface area contributed by atoms with Crippen LogP contribution in [-0.2, 0) is 0 Å². The Morgan fingerprint density at radius 3 is 2.45 bits per heavy atom. The smallest absolute Gasteiger partial charge is 0.256 e. The lowest BCUT2D eigenvalue weighted by atomic mass is 10.1. The van der Waals surface area contributed by atoms with Gasteiger partial charge in [-0.25, -0.2) is 4.98 Å². The number of aromatic nitrogens is 1. The van der Waals surface area contributed by atoms with Crippen LogP contribution in [0.4, 0.5) is 16.5 Å². The first-order valence-electron chi connectivity index (χ1n) is 8.73. The lowest BCUT2D eigenvalue weighted by Gasteiger charge is -2.07. The van der Waals surface area contributed by atoms with E-state index in [2.05, 4.69) is 31.5 Å². The summed E-state index contributed by atoms with van der Waals surface area (Å²) in [4.78, 5) is 17.0. The van der Waals surface area contributed by atoms with Crippen molar-refractivity contribution in [3.05, 3.63) is 93.2 Å². The summed E-state index contributed by atoms with van der Waals surface area (Å²) in [5, 5.41) is 9.54. The van der Waals surface area contributed by atoms with Gasteiger partial charge < -0.3 is 10.6 Å². The van der Waals surface area contributed by atoms with Crippen molar-refractivity contribution >= 4 is 61.3 Å². The first-order chi connectivity index (χ1) is 14.1. The predicted octanol–water partition coefficient (Wildman–Crippen LogP) is 7.22. The minimum atomic E-state index is -0.162. The summed E-state index contributed by atoms with van der Waals surface area (Å²) in [5.41, 5.74) is 3.95. The molecule has 1 heterocycles. The van der Waals surface area contributed by atoms with Gasteiger partial charge in [0.1, 0.15) is 0 Å². The lowest BCUT2D eigenvalue weighted by molar-refractivity contribution is 0.102. The third-order valence-electron chi connectivity index (χ3n) is 4.18. The van der Waals surface area contributed by atoms with Gasteiger partial charge in [0.25, 0.3) is 5.91 Å². The summed E-state index contributed by atoms with van der Waals surface area (Å²) in [6.45, 7) is 0. The van der Waals surface area contributed by atoms with E-state index in [-0.39, 0.29) is 5.91 Å². The summed E-state index contributed by atoms with van der Waals surface area (Å²) < 4.78 is 0.759. The second-order valence-corrected chi connectivity index (χ2v) is 8.27.